The number of aryl methyl sites for hydroxylation is 1. The summed E-state index contributed by atoms with van der Waals surface area (Å²) in [6.45, 7) is 4.72. The maximum absolute atomic E-state index is 12.9. The van der Waals surface area contributed by atoms with Crippen molar-refractivity contribution in [3.8, 4) is 0 Å². The molecule has 0 bridgehead atoms. The van der Waals surface area contributed by atoms with Gasteiger partial charge in [0.2, 0.25) is 0 Å². The van der Waals surface area contributed by atoms with Crippen LogP contribution in [0.1, 0.15) is 61.6 Å². The summed E-state index contributed by atoms with van der Waals surface area (Å²) in [6.07, 6.45) is 0. The second-order valence-electron chi connectivity index (χ2n) is 9.13. The molecule has 0 saturated carbocycles. The van der Waals surface area contributed by atoms with Crippen molar-refractivity contribution in [2.45, 2.75) is 26.8 Å². The fourth-order valence-electron chi connectivity index (χ4n) is 4.15. The third-order valence-corrected chi connectivity index (χ3v) is 6.15. The van der Waals surface area contributed by atoms with Crippen molar-refractivity contribution in [3.63, 3.8) is 0 Å². The first kappa shape index (κ1) is 25.5. The van der Waals surface area contributed by atoms with E-state index in [0.717, 1.165) is 5.56 Å². The Balaban J connectivity index is 1.39. The van der Waals surface area contributed by atoms with Gasteiger partial charge in [0.1, 0.15) is 6.04 Å². The molecule has 1 aliphatic rings. The zero-order chi connectivity index (χ0) is 26.7. The van der Waals surface area contributed by atoms with Crippen LogP contribution in [0.15, 0.2) is 66.7 Å². The highest BCUT2D eigenvalue weighted by Gasteiger charge is 2.30. The van der Waals surface area contributed by atoms with Crippen molar-refractivity contribution in [1.82, 2.24) is 5.32 Å². The van der Waals surface area contributed by atoms with E-state index in [1.807, 2.05) is 6.07 Å². The number of amides is 2. The van der Waals surface area contributed by atoms with Crippen LogP contribution in [0.4, 0.5) is 5.69 Å². The van der Waals surface area contributed by atoms with Crippen molar-refractivity contribution in [1.29, 1.82) is 0 Å². The van der Waals surface area contributed by atoms with E-state index < -0.39 is 30.4 Å². The van der Waals surface area contributed by atoms with Crippen LogP contribution < -0.4 is 10.6 Å². The normalized spacial score (nSPS) is 12.9. The highest BCUT2D eigenvalue weighted by Crippen LogP contribution is 2.29. The molecular weight excluding hydrogens is 472 g/mol. The largest absolute Gasteiger partial charge is 0.454 e. The fraction of sp³-hybridized carbons (Fsp3) is 0.207. The number of hydrogen-bond acceptors (Lipinski definition) is 6. The maximum Gasteiger partial charge on any atom is 0.329 e. The molecule has 2 amide bonds. The highest BCUT2D eigenvalue weighted by molar-refractivity contribution is 6.28. The van der Waals surface area contributed by atoms with Gasteiger partial charge in [0.25, 0.3) is 11.8 Å². The Kier molecular flexibility index (Phi) is 7.29. The predicted molar refractivity (Wildman–Crippen MR) is 137 cm³/mol. The minimum atomic E-state index is -0.952. The zero-order valence-electron chi connectivity index (χ0n) is 20.7. The van der Waals surface area contributed by atoms with Gasteiger partial charge in [-0.3, -0.25) is 19.2 Å². The number of nitrogens with one attached hydrogen (secondary N) is 2. The molecular formula is C29H26N2O6. The lowest BCUT2D eigenvalue weighted by atomic mass is 9.84. The number of rotatable bonds is 7. The van der Waals surface area contributed by atoms with Crippen LogP contribution in [0.25, 0.3) is 0 Å². The van der Waals surface area contributed by atoms with Crippen LogP contribution in [0.2, 0.25) is 0 Å². The molecule has 1 atom stereocenters. The first-order valence-electron chi connectivity index (χ1n) is 11.8. The molecule has 2 N–H and O–H groups in total. The third kappa shape index (κ3) is 5.33. The van der Waals surface area contributed by atoms with Gasteiger partial charge in [-0.1, -0.05) is 56.3 Å². The van der Waals surface area contributed by atoms with Gasteiger partial charge in [-0.05, 0) is 42.7 Å². The number of esters is 1. The van der Waals surface area contributed by atoms with Gasteiger partial charge in [0, 0.05) is 33.5 Å². The zero-order valence-corrected chi connectivity index (χ0v) is 20.7. The molecule has 188 valence electrons. The second kappa shape index (κ2) is 10.6. The molecule has 0 spiro atoms. The predicted octanol–water partition coefficient (Wildman–Crippen LogP) is 3.71. The number of hydrogen-bond donors (Lipinski definition) is 2. The van der Waals surface area contributed by atoms with E-state index in [1.165, 1.54) is 18.2 Å². The minimum absolute atomic E-state index is 0.192. The van der Waals surface area contributed by atoms with E-state index in [2.05, 4.69) is 10.6 Å². The van der Waals surface area contributed by atoms with Crippen LogP contribution in [0.5, 0.6) is 0 Å². The Hall–Kier alpha value is -4.59. The molecule has 0 unspecified atom stereocenters. The fourth-order valence-corrected chi connectivity index (χ4v) is 4.15. The van der Waals surface area contributed by atoms with Crippen molar-refractivity contribution in [2.75, 3.05) is 11.9 Å². The molecule has 37 heavy (non-hydrogen) atoms. The summed E-state index contributed by atoms with van der Waals surface area (Å²) in [6, 6.07) is 17.1. The third-order valence-electron chi connectivity index (χ3n) is 6.15. The molecule has 0 heterocycles. The Morgan fingerprint density at radius 1 is 0.811 bits per heavy atom. The standard InChI is InChI=1S/C29H26N2O6/c1-16(2)25(31-28(35)19-9-5-4-8-17(19)3)29(36)37-15-24(32)30-18-12-13-22-23(14-18)27(34)21-11-7-6-10-20(21)26(22)33/h4-14,16,25H,15H2,1-3H3,(H,30,32)(H,31,35)/t25-/m0/s1. The summed E-state index contributed by atoms with van der Waals surface area (Å²) >= 11 is 0. The number of anilines is 1. The molecule has 3 aromatic carbocycles. The molecule has 0 fully saturated rings. The number of benzene rings is 3. The number of ketones is 2. The van der Waals surface area contributed by atoms with E-state index in [1.54, 1.807) is 63.2 Å². The molecule has 4 rings (SSSR count). The average Bonchev–Trinajstić information content (AvgIpc) is 2.89. The lowest BCUT2D eigenvalue weighted by Crippen LogP contribution is -2.46. The van der Waals surface area contributed by atoms with Crippen LogP contribution in [0, 0.1) is 12.8 Å². The lowest BCUT2D eigenvalue weighted by Gasteiger charge is -2.21. The maximum atomic E-state index is 12.9. The Morgan fingerprint density at radius 2 is 1.41 bits per heavy atom. The van der Waals surface area contributed by atoms with Crippen molar-refractivity contribution >= 4 is 35.0 Å². The van der Waals surface area contributed by atoms with Gasteiger partial charge >= 0.3 is 5.97 Å². The SMILES string of the molecule is Cc1ccccc1C(=O)N[C@H](C(=O)OCC(=O)Nc1ccc2c(c1)C(=O)c1ccccc1C2=O)C(C)C. The van der Waals surface area contributed by atoms with Crippen molar-refractivity contribution < 1.29 is 28.7 Å². The lowest BCUT2D eigenvalue weighted by molar-refractivity contribution is -0.150. The van der Waals surface area contributed by atoms with Crippen LogP contribution >= 0.6 is 0 Å². The van der Waals surface area contributed by atoms with Crippen LogP contribution in [-0.4, -0.2) is 42.0 Å². The first-order chi connectivity index (χ1) is 17.7. The Labute approximate surface area is 214 Å². The molecule has 3 aromatic rings. The summed E-state index contributed by atoms with van der Waals surface area (Å²) in [5, 5.41) is 5.27. The summed E-state index contributed by atoms with van der Waals surface area (Å²) in [5.41, 5.74) is 2.61. The van der Waals surface area contributed by atoms with Gasteiger partial charge in [0.05, 0.1) is 0 Å². The molecule has 0 radical (unpaired) electrons. The quantitative estimate of drug-likeness (QED) is 0.375. The topological polar surface area (TPSA) is 119 Å². The van der Waals surface area contributed by atoms with E-state index in [0.29, 0.717) is 16.7 Å². The summed E-state index contributed by atoms with van der Waals surface area (Å²) in [5.74, 6) is -2.63. The number of carbonyl (C=O) groups is 5. The number of ether oxygens (including phenoxy) is 1. The summed E-state index contributed by atoms with van der Waals surface area (Å²) in [4.78, 5) is 63.5. The van der Waals surface area contributed by atoms with E-state index in [9.17, 15) is 24.0 Å². The molecule has 0 aliphatic heterocycles. The van der Waals surface area contributed by atoms with Gasteiger partial charge in [-0.2, -0.15) is 0 Å². The number of fused-ring (bicyclic) bond motifs is 2. The van der Waals surface area contributed by atoms with E-state index in [-0.39, 0.29) is 34.3 Å². The monoisotopic (exact) mass is 498 g/mol. The molecule has 0 aromatic heterocycles. The minimum Gasteiger partial charge on any atom is -0.454 e. The molecule has 0 saturated heterocycles. The van der Waals surface area contributed by atoms with E-state index in [4.69, 9.17) is 4.74 Å². The average molecular weight is 499 g/mol. The summed E-state index contributed by atoms with van der Waals surface area (Å²) < 4.78 is 5.18. The molecule has 1 aliphatic carbocycles. The van der Waals surface area contributed by atoms with Crippen molar-refractivity contribution in [3.05, 3.63) is 100 Å². The van der Waals surface area contributed by atoms with Gasteiger partial charge in [-0.15, -0.1) is 0 Å². The Bertz CT molecular complexity index is 1430. The van der Waals surface area contributed by atoms with Crippen LogP contribution in [0.3, 0.4) is 0 Å². The highest BCUT2D eigenvalue weighted by atomic mass is 16.5. The Morgan fingerprint density at radius 3 is 2.05 bits per heavy atom. The van der Waals surface area contributed by atoms with E-state index >= 15 is 0 Å². The molecule has 8 heteroatoms. The second-order valence-corrected chi connectivity index (χ2v) is 9.13. The first-order valence-corrected chi connectivity index (χ1v) is 11.8. The molecule has 8 nitrogen and oxygen atoms in total. The van der Waals surface area contributed by atoms with Gasteiger partial charge in [0.15, 0.2) is 18.2 Å². The summed E-state index contributed by atoms with van der Waals surface area (Å²) in [7, 11) is 0. The number of carbonyl (C=O) groups excluding carboxylic acids is 5. The van der Waals surface area contributed by atoms with Crippen LogP contribution in [-0.2, 0) is 14.3 Å². The van der Waals surface area contributed by atoms with Gasteiger partial charge < -0.3 is 15.4 Å². The van der Waals surface area contributed by atoms with Crippen molar-refractivity contribution in [2.24, 2.45) is 5.92 Å². The smallest absolute Gasteiger partial charge is 0.329 e. The van der Waals surface area contributed by atoms with Gasteiger partial charge in [-0.25, -0.2) is 4.79 Å².